The molecule has 1 saturated carbocycles. The molecule has 0 bridgehead atoms. The Morgan fingerprint density at radius 3 is 2.67 bits per heavy atom. The molecule has 1 unspecified atom stereocenters. The summed E-state index contributed by atoms with van der Waals surface area (Å²) in [5, 5.41) is 4.67. The minimum atomic E-state index is 0.746. The van der Waals surface area contributed by atoms with Crippen LogP contribution in [0, 0.1) is 0 Å². The van der Waals surface area contributed by atoms with E-state index >= 15 is 0 Å². The molecule has 0 aromatic carbocycles. The number of nitrogens with zero attached hydrogens (tertiary/aromatic N) is 1. The van der Waals surface area contributed by atoms with Gasteiger partial charge in [-0.15, -0.1) is 0 Å². The van der Waals surface area contributed by atoms with E-state index in [1.807, 2.05) is 0 Å². The zero-order valence-electron chi connectivity index (χ0n) is 12.2. The highest BCUT2D eigenvalue weighted by Gasteiger charge is 2.27. The summed E-state index contributed by atoms with van der Waals surface area (Å²) in [6, 6.07) is 1.63. The molecule has 0 spiro atoms. The minimum Gasteiger partial charge on any atom is -0.313 e. The molecule has 2 nitrogen and oxygen atoms in total. The van der Waals surface area contributed by atoms with Crippen LogP contribution in [-0.4, -0.2) is 48.1 Å². The quantitative estimate of drug-likeness (QED) is 0.845. The minimum absolute atomic E-state index is 0.746. The highest BCUT2D eigenvalue weighted by atomic mass is 32.2. The van der Waals surface area contributed by atoms with Crippen molar-refractivity contribution in [3.8, 4) is 0 Å². The van der Waals surface area contributed by atoms with Crippen LogP contribution < -0.4 is 5.32 Å². The number of hydrogen-bond acceptors (Lipinski definition) is 3. The molecule has 0 aromatic heterocycles. The first kappa shape index (κ1) is 14.7. The van der Waals surface area contributed by atoms with Crippen LogP contribution in [0.4, 0.5) is 0 Å². The van der Waals surface area contributed by atoms with Gasteiger partial charge in [0.2, 0.25) is 0 Å². The fraction of sp³-hybridized carbons (Fsp3) is 1.00. The van der Waals surface area contributed by atoms with Crippen molar-refractivity contribution in [2.24, 2.45) is 0 Å². The van der Waals surface area contributed by atoms with Crippen molar-refractivity contribution in [1.82, 2.24) is 10.2 Å². The van der Waals surface area contributed by atoms with Crippen molar-refractivity contribution < 1.29 is 0 Å². The normalized spacial score (nSPS) is 35.3. The molecule has 2 rings (SSSR count). The molecule has 1 saturated heterocycles. The standard InChI is InChI=1S/C15H30N2S/c1-3-5-13-12-17(11-4-10-16-13)14-6-8-15(18-2)9-7-14/h13-16H,3-12H2,1-2H3. The van der Waals surface area contributed by atoms with E-state index in [2.05, 4.69) is 35.2 Å². The van der Waals surface area contributed by atoms with Crippen LogP contribution in [-0.2, 0) is 0 Å². The number of rotatable bonds is 4. The van der Waals surface area contributed by atoms with Crippen molar-refractivity contribution in [3.63, 3.8) is 0 Å². The second-order valence-electron chi connectivity index (χ2n) is 5.95. The monoisotopic (exact) mass is 270 g/mol. The molecule has 1 N–H and O–H groups in total. The second kappa shape index (κ2) is 7.76. The molecule has 0 aromatic rings. The van der Waals surface area contributed by atoms with Crippen molar-refractivity contribution in [3.05, 3.63) is 0 Å². The summed E-state index contributed by atoms with van der Waals surface area (Å²) in [6.07, 6.45) is 12.0. The van der Waals surface area contributed by atoms with Crippen LogP contribution in [0.15, 0.2) is 0 Å². The third-order valence-corrected chi connectivity index (χ3v) is 5.78. The van der Waals surface area contributed by atoms with Gasteiger partial charge in [0, 0.05) is 23.9 Å². The first-order valence-corrected chi connectivity index (χ1v) is 9.12. The molecular weight excluding hydrogens is 240 g/mol. The van der Waals surface area contributed by atoms with Gasteiger partial charge in [-0.05, 0) is 57.9 Å². The summed E-state index contributed by atoms with van der Waals surface area (Å²) in [5.74, 6) is 0. The number of hydrogen-bond donors (Lipinski definition) is 1. The average molecular weight is 270 g/mol. The lowest BCUT2D eigenvalue weighted by Gasteiger charge is -2.37. The molecule has 0 amide bonds. The second-order valence-corrected chi connectivity index (χ2v) is 7.09. The summed E-state index contributed by atoms with van der Waals surface area (Å²) in [4.78, 5) is 2.80. The van der Waals surface area contributed by atoms with E-state index < -0.39 is 0 Å². The topological polar surface area (TPSA) is 15.3 Å². The van der Waals surface area contributed by atoms with Crippen LogP contribution >= 0.6 is 11.8 Å². The largest absolute Gasteiger partial charge is 0.313 e. The third-order valence-electron chi connectivity index (χ3n) is 4.64. The summed E-state index contributed by atoms with van der Waals surface area (Å²) >= 11 is 2.08. The third kappa shape index (κ3) is 4.14. The van der Waals surface area contributed by atoms with Gasteiger partial charge in [-0.2, -0.15) is 11.8 Å². The van der Waals surface area contributed by atoms with Crippen LogP contribution in [0.3, 0.4) is 0 Å². The van der Waals surface area contributed by atoms with E-state index in [9.17, 15) is 0 Å². The van der Waals surface area contributed by atoms with Gasteiger partial charge in [0.05, 0.1) is 0 Å². The Labute approximate surface area is 117 Å². The van der Waals surface area contributed by atoms with Crippen LogP contribution in [0.5, 0.6) is 0 Å². The van der Waals surface area contributed by atoms with E-state index in [1.165, 1.54) is 64.6 Å². The lowest BCUT2D eigenvalue weighted by molar-refractivity contribution is 0.153. The highest BCUT2D eigenvalue weighted by Crippen LogP contribution is 2.30. The molecule has 1 heterocycles. The molecular formula is C15H30N2S. The highest BCUT2D eigenvalue weighted by molar-refractivity contribution is 7.99. The van der Waals surface area contributed by atoms with Crippen molar-refractivity contribution in [2.45, 2.75) is 69.2 Å². The van der Waals surface area contributed by atoms with Crippen LogP contribution in [0.25, 0.3) is 0 Å². The smallest absolute Gasteiger partial charge is 0.0195 e. The van der Waals surface area contributed by atoms with Gasteiger partial charge in [0.15, 0.2) is 0 Å². The Bertz CT molecular complexity index is 227. The maximum atomic E-state index is 3.73. The predicted octanol–water partition coefficient (Wildman–Crippen LogP) is 3.12. The van der Waals surface area contributed by atoms with Gasteiger partial charge in [-0.25, -0.2) is 0 Å². The van der Waals surface area contributed by atoms with Gasteiger partial charge in [-0.1, -0.05) is 13.3 Å². The van der Waals surface area contributed by atoms with E-state index in [-0.39, 0.29) is 0 Å². The summed E-state index contributed by atoms with van der Waals surface area (Å²) in [5.41, 5.74) is 0. The van der Waals surface area contributed by atoms with E-state index in [4.69, 9.17) is 0 Å². The average Bonchev–Trinajstić information content (AvgIpc) is 2.65. The Hall–Kier alpha value is 0.270. The SMILES string of the molecule is CCCC1CN(C2CCC(SC)CC2)CCCN1. The predicted molar refractivity (Wildman–Crippen MR) is 82.4 cm³/mol. The molecule has 1 aliphatic heterocycles. The van der Waals surface area contributed by atoms with E-state index in [0.29, 0.717) is 0 Å². The maximum absolute atomic E-state index is 3.73. The molecule has 106 valence electrons. The lowest BCUT2D eigenvalue weighted by Crippen LogP contribution is -2.44. The van der Waals surface area contributed by atoms with Crippen molar-refractivity contribution in [2.75, 3.05) is 25.9 Å². The molecule has 18 heavy (non-hydrogen) atoms. The van der Waals surface area contributed by atoms with Crippen LogP contribution in [0.2, 0.25) is 0 Å². The first-order valence-electron chi connectivity index (χ1n) is 7.83. The maximum Gasteiger partial charge on any atom is 0.0195 e. The van der Waals surface area contributed by atoms with Gasteiger partial charge in [0.25, 0.3) is 0 Å². The summed E-state index contributed by atoms with van der Waals surface area (Å²) in [7, 11) is 0. The van der Waals surface area contributed by atoms with Crippen molar-refractivity contribution >= 4 is 11.8 Å². The molecule has 0 radical (unpaired) electrons. The first-order chi connectivity index (χ1) is 8.83. The van der Waals surface area contributed by atoms with Gasteiger partial charge < -0.3 is 5.32 Å². The zero-order valence-corrected chi connectivity index (χ0v) is 13.0. The summed E-state index contributed by atoms with van der Waals surface area (Å²) < 4.78 is 0. The van der Waals surface area contributed by atoms with E-state index in [0.717, 1.165) is 17.3 Å². The lowest BCUT2D eigenvalue weighted by atomic mass is 9.93. The zero-order chi connectivity index (χ0) is 12.8. The van der Waals surface area contributed by atoms with E-state index in [1.54, 1.807) is 0 Å². The molecule has 2 aliphatic rings. The molecule has 1 aliphatic carbocycles. The molecule has 2 fully saturated rings. The Balaban J connectivity index is 1.83. The number of nitrogens with one attached hydrogen (secondary N) is 1. The fourth-order valence-electron chi connectivity index (χ4n) is 3.55. The van der Waals surface area contributed by atoms with Crippen molar-refractivity contribution in [1.29, 1.82) is 0 Å². The fourth-order valence-corrected chi connectivity index (χ4v) is 4.29. The summed E-state index contributed by atoms with van der Waals surface area (Å²) in [6.45, 7) is 6.15. The Kier molecular flexibility index (Phi) is 6.33. The Morgan fingerprint density at radius 1 is 1.22 bits per heavy atom. The molecule has 3 heteroatoms. The van der Waals surface area contributed by atoms with Crippen LogP contribution in [0.1, 0.15) is 51.9 Å². The van der Waals surface area contributed by atoms with Gasteiger partial charge in [-0.3, -0.25) is 4.90 Å². The molecule has 1 atom stereocenters. The number of thioether (sulfide) groups is 1. The van der Waals surface area contributed by atoms with Gasteiger partial charge in [0.1, 0.15) is 0 Å². The Morgan fingerprint density at radius 2 is 2.00 bits per heavy atom. The van der Waals surface area contributed by atoms with Gasteiger partial charge >= 0.3 is 0 Å².